The molecular formula is C21H18Cl2N2O3. The van der Waals surface area contributed by atoms with Crippen molar-refractivity contribution in [1.82, 2.24) is 5.48 Å². The molecule has 144 valence electrons. The van der Waals surface area contributed by atoms with Crippen LogP contribution in [-0.4, -0.2) is 11.6 Å². The van der Waals surface area contributed by atoms with E-state index < -0.39 is 0 Å². The number of ether oxygens (including phenoxy) is 1. The molecule has 0 spiro atoms. The highest BCUT2D eigenvalue weighted by Crippen LogP contribution is 2.36. The van der Waals surface area contributed by atoms with E-state index in [1.807, 2.05) is 38.1 Å². The molecule has 0 atom stereocenters. The van der Waals surface area contributed by atoms with Crippen LogP contribution in [0.2, 0.25) is 10.0 Å². The lowest BCUT2D eigenvalue weighted by Crippen LogP contribution is -2.18. The molecule has 0 aliphatic carbocycles. The Balaban J connectivity index is 1.80. The highest BCUT2D eigenvalue weighted by atomic mass is 35.5. The number of aryl methyl sites for hydroxylation is 1. The van der Waals surface area contributed by atoms with Crippen LogP contribution in [0.4, 0.5) is 0 Å². The predicted octanol–water partition coefficient (Wildman–Crippen LogP) is 5.61. The number of hydrogen-bond donors (Lipinski definition) is 1. The molecule has 2 aromatic carbocycles. The third kappa shape index (κ3) is 4.06. The zero-order valence-electron chi connectivity index (χ0n) is 15.4. The van der Waals surface area contributed by atoms with Crippen LogP contribution in [0.15, 0.2) is 65.7 Å². The summed E-state index contributed by atoms with van der Waals surface area (Å²) in [6, 6.07) is 10.9. The van der Waals surface area contributed by atoms with Gasteiger partial charge in [0.15, 0.2) is 17.9 Å². The Kier molecular flexibility index (Phi) is 6.07. The second kappa shape index (κ2) is 8.50. The first-order valence-electron chi connectivity index (χ1n) is 8.57. The van der Waals surface area contributed by atoms with Gasteiger partial charge >= 0.3 is 0 Å². The molecule has 1 aliphatic rings. The Morgan fingerprint density at radius 2 is 2.00 bits per heavy atom. The Labute approximate surface area is 173 Å². The lowest BCUT2D eigenvalue weighted by molar-refractivity contribution is 0.103. The third-order valence-corrected chi connectivity index (χ3v) is 5.07. The van der Waals surface area contributed by atoms with Gasteiger partial charge in [-0.15, -0.1) is 0 Å². The molecule has 5 nitrogen and oxygen atoms in total. The number of halogens is 2. The number of nitrogens with zero attached hydrogens (tertiary/aromatic N) is 1. The largest absolute Gasteiger partial charge is 0.458 e. The maximum Gasteiger partial charge on any atom is 0.283 e. The smallest absolute Gasteiger partial charge is 0.283 e. The highest BCUT2D eigenvalue weighted by molar-refractivity contribution is 6.45. The molecule has 0 aromatic heterocycles. The van der Waals surface area contributed by atoms with Crippen molar-refractivity contribution in [3.05, 3.63) is 87.4 Å². The maximum absolute atomic E-state index is 12.3. The number of benzene rings is 2. The summed E-state index contributed by atoms with van der Waals surface area (Å²) in [6.45, 7) is 7.57. The van der Waals surface area contributed by atoms with Gasteiger partial charge in [-0.2, -0.15) is 4.99 Å². The van der Waals surface area contributed by atoms with E-state index in [1.54, 1.807) is 12.1 Å². The third-order valence-electron chi connectivity index (χ3n) is 4.20. The molecule has 3 rings (SSSR count). The zero-order chi connectivity index (χ0) is 20.3. The van der Waals surface area contributed by atoms with E-state index in [0.29, 0.717) is 17.8 Å². The van der Waals surface area contributed by atoms with Gasteiger partial charge in [0.2, 0.25) is 0 Å². The van der Waals surface area contributed by atoms with Gasteiger partial charge in [0.1, 0.15) is 10.8 Å². The Hall–Kier alpha value is -2.76. The van der Waals surface area contributed by atoms with Crippen molar-refractivity contribution in [2.45, 2.75) is 20.3 Å². The van der Waals surface area contributed by atoms with E-state index in [0.717, 1.165) is 11.1 Å². The fraction of sp³-hybridized carbons (Fsp3) is 0.143. The fourth-order valence-electron chi connectivity index (χ4n) is 2.52. The SMILES string of the molecule is C=C(CC)C(=O)c1ccc(OC=C2N=C(c3ccccc3C)NO2)c(Cl)c1Cl. The van der Waals surface area contributed by atoms with Gasteiger partial charge < -0.3 is 9.57 Å². The van der Waals surface area contributed by atoms with E-state index in [9.17, 15) is 4.79 Å². The van der Waals surface area contributed by atoms with Gasteiger partial charge in [0.05, 0.1) is 5.02 Å². The lowest BCUT2D eigenvalue weighted by Gasteiger charge is -2.09. The maximum atomic E-state index is 12.3. The Morgan fingerprint density at radius 3 is 2.71 bits per heavy atom. The number of nitrogens with one attached hydrogen (secondary N) is 1. The van der Waals surface area contributed by atoms with Gasteiger partial charge in [0, 0.05) is 11.1 Å². The zero-order valence-corrected chi connectivity index (χ0v) is 16.9. The van der Waals surface area contributed by atoms with Crippen LogP contribution in [0, 0.1) is 6.92 Å². The van der Waals surface area contributed by atoms with Gasteiger partial charge in [0.25, 0.3) is 5.88 Å². The number of amidine groups is 1. The van der Waals surface area contributed by atoms with Gasteiger partial charge in [-0.1, -0.05) is 61.0 Å². The molecule has 28 heavy (non-hydrogen) atoms. The van der Waals surface area contributed by atoms with Crippen molar-refractivity contribution in [3.63, 3.8) is 0 Å². The number of ketones is 1. The molecule has 1 aliphatic heterocycles. The number of hydroxylamine groups is 1. The number of hydrogen-bond acceptors (Lipinski definition) is 5. The van der Waals surface area contributed by atoms with Crippen molar-refractivity contribution in [3.8, 4) is 5.75 Å². The molecule has 1 heterocycles. The fourth-order valence-corrected chi connectivity index (χ4v) is 2.97. The molecule has 0 radical (unpaired) electrons. The number of carbonyl (C=O) groups excluding carboxylic acids is 1. The molecule has 0 fully saturated rings. The van der Waals surface area contributed by atoms with Gasteiger partial charge in [-0.25, -0.2) is 5.48 Å². The lowest BCUT2D eigenvalue weighted by atomic mass is 10.0. The van der Waals surface area contributed by atoms with Gasteiger partial charge in [-0.05, 0) is 36.6 Å². The first kappa shape index (κ1) is 20.0. The minimum Gasteiger partial charge on any atom is -0.458 e. The molecule has 0 saturated carbocycles. The van der Waals surface area contributed by atoms with E-state index in [2.05, 4.69) is 17.1 Å². The average Bonchev–Trinajstić information content (AvgIpc) is 3.17. The van der Waals surface area contributed by atoms with E-state index in [1.165, 1.54) is 6.26 Å². The first-order valence-corrected chi connectivity index (χ1v) is 9.32. The standard InChI is InChI=1S/C21H18Cl2N2O3/c1-4-12(2)20(26)15-9-10-16(19(23)18(15)22)27-11-17-24-21(25-28-17)14-8-6-5-7-13(14)3/h5-11H,2,4H2,1,3H3,(H,24,25). The molecule has 0 saturated heterocycles. The second-order valence-electron chi connectivity index (χ2n) is 6.08. The summed E-state index contributed by atoms with van der Waals surface area (Å²) < 4.78 is 5.55. The van der Waals surface area contributed by atoms with Crippen molar-refractivity contribution >= 4 is 34.8 Å². The van der Waals surface area contributed by atoms with Gasteiger partial charge in [-0.3, -0.25) is 4.79 Å². The van der Waals surface area contributed by atoms with Crippen molar-refractivity contribution in [2.75, 3.05) is 0 Å². The second-order valence-corrected chi connectivity index (χ2v) is 6.83. The molecule has 7 heteroatoms. The topological polar surface area (TPSA) is 59.9 Å². The number of carbonyl (C=O) groups is 1. The highest BCUT2D eigenvalue weighted by Gasteiger charge is 2.19. The Bertz CT molecular complexity index is 1010. The van der Waals surface area contributed by atoms with Crippen LogP contribution in [0.25, 0.3) is 0 Å². The van der Waals surface area contributed by atoms with Crippen LogP contribution in [0.1, 0.15) is 34.8 Å². The van der Waals surface area contributed by atoms with Crippen LogP contribution < -0.4 is 10.2 Å². The summed E-state index contributed by atoms with van der Waals surface area (Å²) in [6.07, 6.45) is 1.84. The normalized spacial score (nSPS) is 14.3. The van der Waals surface area contributed by atoms with Crippen molar-refractivity contribution in [1.29, 1.82) is 0 Å². The van der Waals surface area contributed by atoms with E-state index in [4.69, 9.17) is 32.8 Å². The molecule has 1 N–H and O–H groups in total. The molecular weight excluding hydrogens is 399 g/mol. The summed E-state index contributed by atoms with van der Waals surface area (Å²) in [5, 5.41) is 0.245. The summed E-state index contributed by atoms with van der Waals surface area (Å²) in [5.41, 5.74) is 5.48. The summed E-state index contributed by atoms with van der Waals surface area (Å²) >= 11 is 12.5. The van der Waals surface area contributed by atoms with Crippen LogP contribution in [-0.2, 0) is 4.84 Å². The number of rotatable bonds is 6. The van der Waals surface area contributed by atoms with Crippen molar-refractivity contribution in [2.24, 2.45) is 4.99 Å². The Morgan fingerprint density at radius 1 is 1.25 bits per heavy atom. The van der Waals surface area contributed by atoms with E-state index in [-0.39, 0.29) is 33.0 Å². The number of allylic oxidation sites excluding steroid dienone is 1. The average molecular weight is 417 g/mol. The van der Waals surface area contributed by atoms with Crippen molar-refractivity contribution < 1.29 is 14.4 Å². The minimum absolute atomic E-state index is 0.117. The summed E-state index contributed by atoms with van der Waals surface area (Å²) in [7, 11) is 0. The van der Waals surface area contributed by atoms with Crippen LogP contribution >= 0.6 is 23.2 Å². The van der Waals surface area contributed by atoms with Crippen LogP contribution in [0.5, 0.6) is 5.75 Å². The molecule has 0 unspecified atom stereocenters. The van der Waals surface area contributed by atoms with E-state index >= 15 is 0 Å². The first-order chi connectivity index (χ1) is 13.4. The predicted molar refractivity (Wildman–Crippen MR) is 111 cm³/mol. The molecule has 2 aromatic rings. The number of aliphatic imine (C=N–C) groups is 1. The molecule has 0 bridgehead atoms. The number of Topliss-reactive ketones (excluding diaryl/α,β-unsaturated/α-hetero) is 1. The minimum atomic E-state index is -0.241. The summed E-state index contributed by atoms with van der Waals surface area (Å²) in [5.74, 6) is 0.845. The monoisotopic (exact) mass is 416 g/mol. The summed E-state index contributed by atoms with van der Waals surface area (Å²) in [4.78, 5) is 21.9. The van der Waals surface area contributed by atoms with Crippen LogP contribution in [0.3, 0.4) is 0 Å². The quantitative estimate of drug-likeness (QED) is 0.377. The molecule has 0 amide bonds.